The highest BCUT2D eigenvalue weighted by Crippen LogP contribution is 2.31. The summed E-state index contributed by atoms with van der Waals surface area (Å²) in [5, 5.41) is 0.626. The maximum Gasteiger partial charge on any atom is 0.410 e. The van der Waals surface area contributed by atoms with Crippen LogP contribution in [0.4, 0.5) is 4.79 Å². The van der Waals surface area contributed by atoms with Crippen LogP contribution in [0.2, 0.25) is 5.02 Å². The summed E-state index contributed by atoms with van der Waals surface area (Å²) in [6, 6.07) is 7.38. The van der Waals surface area contributed by atoms with Gasteiger partial charge in [-0.3, -0.25) is 19.2 Å². The Morgan fingerprint density at radius 3 is 2.63 bits per heavy atom. The van der Waals surface area contributed by atoms with Crippen LogP contribution in [0.3, 0.4) is 0 Å². The van der Waals surface area contributed by atoms with Crippen molar-refractivity contribution in [1.29, 1.82) is 0 Å². The average Bonchev–Trinajstić information content (AvgIpc) is 3.20. The Labute approximate surface area is 230 Å². The number of piperidine rings is 1. The van der Waals surface area contributed by atoms with Gasteiger partial charge in [-0.05, 0) is 51.8 Å². The summed E-state index contributed by atoms with van der Waals surface area (Å²) in [4.78, 5) is 34.3. The molecule has 0 radical (unpaired) electrons. The molecule has 2 aromatic heterocycles. The third-order valence-electron chi connectivity index (χ3n) is 6.91. The molecule has 0 aliphatic carbocycles. The number of likely N-dealkylation sites (tertiary alicyclic amines) is 1. The van der Waals surface area contributed by atoms with Crippen molar-refractivity contribution in [3.8, 4) is 11.5 Å². The highest BCUT2D eigenvalue weighted by atomic mass is 35.5. The minimum atomic E-state index is -0.452. The van der Waals surface area contributed by atoms with Gasteiger partial charge in [-0.25, -0.2) is 4.79 Å². The molecule has 38 heavy (non-hydrogen) atoms. The molecule has 9 nitrogen and oxygen atoms in total. The van der Waals surface area contributed by atoms with E-state index in [1.807, 2.05) is 45.0 Å². The molecule has 0 atom stereocenters. The molecule has 11 heteroatoms. The van der Waals surface area contributed by atoms with Gasteiger partial charge in [0.1, 0.15) is 19.3 Å². The van der Waals surface area contributed by atoms with E-state index >= 15 is 0 Å². The number of carbonyl (C=O) groups excluding carboxylic acids is 1. The Morgan fingerprint density at radius 1 is 1.16 bits per heavy atom. The quantitative estimate of drug-likeness (QED) is 0.428. The zero-order valence-corrected chi connectivity index (χ0v) is 23.5. The minimum Gasteiger partial charge on any atom is -0.486 e. The fourth-order valence-electron chi connectivity index (χ4n) is 4.76. The molecule has 4 heterocycles. The van der Waals surface area contributed by atoms with Gasteiger partial charge in [0.2, 0.25) is 0 Å². The van der Waals surface area contributed by atoms with Gasteiger partial charge >= 0.3 is 11.0 Å². The molecule has 1 saturated heterocycles. The summed E-state index contributed by atoms with van der Waals surface area (Å²) in [6.45, 7) is 10.2. The normalized spacial score (nSPS) is 16.5. The first-order chi connectivity index (χ1) is 18.2. The summed E-state index contributed by atoms with van der Waals surface area (Å²) in [5.74, 6) is 1.27. The van der Waals surface area contributed by atoms with Gasteiger partial charge < -0.3 is 19.1 Å². The number of hydrogen-bond donors (Lipinski definition) is 0. The van der Waals surface area contributed by atoms with E-state index in [4.69, 9.17) is 25.8 Å². The molecular weight excluding hydrogens is 528 g/mol. The number of hydrogen-bond acceptors (Lipinski definition) is 8. The van der Waals surface area contributed by atoms with Crippen LogP contribution in [0.25, 0.3) is 10.2 Å². The summed E-state index contributed by atoms with van der Waals surface area (Å²) < 4.78 is 19.9. The molecule has 2 aliphatic heterocycles. The Kier molecular flexibility index (Phi) is 7.83. The second-order valence-corrected chi connectivity index (χ2v) is 12.1. The van der Waals surface area contributed by atoms with E-state index in [0.717, 1.165) is 42.7 Å². The molecule has 0 spiro atoms. The maximum atomic E-state index is 13.3. The first kappa shape index (κ1) is 26.8. The smallest absolute Gasteiger partial charge is 0.410 e. The third kappa shape index (κ3) is 6.08. The molecule has 0 N–H and O–H groups in total. The van der Waals surface area contributed by atoms with Crippen LogP contribution in [0, 0.1) is 0 Å². The van der Waals surface area contributed by atoms with Crippen LogP contribution in [-0.2, 0) is 17.8 Å². The van der Waals surface area contributed by atoms with Crippen molar-refractivity contribution in [2.24, 2.45) is 0 Å². The van der Waals surface area contributed by atoms with Crippen molar-refractivity contribution in [3.63, 3.8) is 0 Å². The molecule has 0 unspecified atom stereocenters. The second-order valence-electron chi connectivity index (χ2n) is 10.6. The van der Waals surface area contributed by atoms with Crippen LogP contribution < -0.4 is 14.3 Å². The fourth-order valence-corrected chi connectivity index (χ4v) is 5.82. The Hall–Kier alpha value is -2.82. The lowest BCUT2D eigenvalue weighted by Gasteiger charge is -2.37. The van der Waals surface area contributed by atoms with Gasteiger partial charge in [-0.2, -0.15) is 0 Å². The van der Waals surface area contributed by atoms with Crippen molar-refractivity contribution in [1.82, 2.24) is 19.4 Å². The van der Waals surface area contributed by atoms with Crippen LogP contribution in [0.1, 0.15) is 39.3 Å². The Bertz CT molecular complexity index is 1360. The number of rotatable bonds is 6. The molecule has 1 amide bonds. The predicted molar refractivity (Wildman–Crippen MR) is 148 cm³/mol. The van der Waals surface area contributed by atoms with Crippen molar-refractivity contribution < 1.29 is 19.0 Å². The number of benzene rings is 1. The summed E-state index contributed by atoms with van der Waals surface area (Å²) >= 11 is 7.39. The van der Waals surface area contributed by atoms with E-state index in [2.05, 4.69) is 9.88 Å². The van der Waals surface area contributed by atoms with E-state index in [1.54, 1.807) is 15.7 Å². The molecule has 1 fully saturated rings. The first-order valence-corrected chi connectivity index (χ1v) is 14.1. The predicted octanol–water partition coefficient (Wildman–Crippen LogP) is 4.78. The molecule has 0 bridgehead atoms. The SMILES string of the molecule is CC(C)(C)N(Cc1cc2c(cn1)OCCO2)C(=O)OC1CCN(CCn2c(=O)sc3ccc(Cl)cc32)CC1. The number of aromatic nitrogens is 2. The van der Waals surface area contributed by atoms with E-state index in [-0.39, 0.29) is 17.1 Å². The number of ether oxygens (including phenoxy) is 3. The monoisotopic (exact) mass is 560 g/mol. The zero-order chi connectivity index (χ0) is 26.9. The molecule has 2 aliphatic rings. The number of pyridine rings is 1. The zero-order valence-electron chi connectivity index (χ0n) is 21.9. The number of fused-ring (bicyclic) bond motifs is 2. The lowest BCUT2D eigenvalue weighted by atomic mass is 10.1. The summed E-state index contributed by atoms with van der Waals surface area (Å²) in [6.07, 6.45) is 2.64. The Morgan fingerprint density at radius 2 is 1.89 bits per heavy atom. The highest BCUT2D eigenvalue weighted by molar-refractivity contribution is 7.16. The molecule has 204 valence electrons. The van der Waals surface area contributed by atoms with Crippen LogP contribution in [0.15, 0.2) is 35.3 Å². The summed E-state index contributed by atoms with van der Waals surface area (Å²) in [7, 11) is 0. The number of nitrogens with zero attached hydrogens (tertiary/aromatic N) is 4. The lowest BCUT2D eigenvalue weighted by molar-refractivity contribution is 0.00869. The average molecular weight is 561 g/mol. The number of halogens is 1. The van der Waals surface area contributed by atoms with Crippen LogP contribution >= 0.6 is 22.9 Å². The minimum absolute atomic E-state index is 0.0286. The van der Waals surface area contributed by atoms with Gasteiger partial charge in [0.25, 0.3) is 0 Å². The topological polar surface area (TPSA) is 86.1 Å². The fraction of sp³-hybridized carbons (Fsp3) is 0.519. The molecule has 0 saturated carbocycles. The first-order valence-electron chi connectivity index (χ1n) is 12.9. The molecule has 3 aromatic rings. The van der Waals surface area contributed by atoms with Gasteiger partial charge in [0, 0.05) is 42.8 Å². The van der Waals surface area contributed by atoms with Crippen LogP contribution in [0.5, 0.6) is 11.5 Å². The van der Waals surface area contributed by atoms with Gasteiger partial charge in [0.05, 0.1) is 28.7 Å². The summed E-state index contributed by atoms with van der Waals surface area (Å²) in [5.41, 5.74) is 1.14. The van der Waals surface area contributed by atoms with Crippen LogP contribution in [-0.4, -0.2) is 69.9 Å². The number of thiazole rings is 1. The number of amides is 1. The van der Waals surface area contributed by atoms with Crippen molar-refractivity contribution >= 4 is 39.2 Å². The lowest BCUT2D eigenvalue weighted by Crippen LogP contribution is -2.48. The van der Waals surface area contributed by atoms with Gasteiger partial charge in [0.15, 0.2) is 11.5 Å². The second kappa shape index (κ2) is 11.1. The molecular formula is C27H33ClN4O5S. The molecule has 5 rings (SSSR count). The highest BCUT2D eigenvalue weighted by Gasteiger charge is 2.32. The van der Waals surface area contributed by atoms with Crippen molar-refractivity contribution in [2.45, 2.75) is 58.3 Å². The maximum absolute atomic E-state index is 13.3. The Balaban J connectivity index is 1.15. The van der Waals surface area contributed by atoms with E-state index < -0.39 is 5.54 Å². The van der Waals surface area contributed by atoms with E-state index in [9.17, 15) is 9.59 Å². The van der Waals surface area contributed by atoms with E-state index in [1.165, 1.54) is 11.3 Å². The third-order valence-corrected chi connectivity index (χ3v) is 8.10. The van der Waals surface area contributed by atoms with Crippen molar-refractivity contribution in [3.05, 3.63) is 50.8 Å². The standard InChI is InChI=1S/C27H33ClN4O5S/c1-27(2,3)32(17-19-15-22-23(16-29-19)36-13-12-35-22)25(33)37-20-6-8-30(9-7-20)10-11-31-21-14-18(28)4-5-24(21)38-26(31)34/h4-5,14-16,20H,6-13,17H2,1-3H3. The van der Waals surface area contributed by atoms with Gasteiger partial charge in [-0.1, -0.05) is 22.9 Å². The van der Waals surface area contributed by atoms with E-state index in [0.29, 0.717) is 48.5 Å². The largest absolute Gasteiger partial charge is 0.486 e. The van der Waals surface area contributed by atoms with Crippen molar-refractivity contribution in [2.75, 3.05) is 32.8 Å². The number of carbonyl (C=O) groups is 1. The van der Waals surface area contributed by atoms with Gasteiger partial charge in [-0.15, -0.1) is 0 Å². The molecule has 1 aromatic carbocycles.